The number of aliphatic hydroxyl groups is 1. The van der Waals surface area contributed by atoms with E-state index < -0.39 is 17.7 Å². The van der Waals surface area contributed by atoms with Crippen molar-refractivity contribution >= 4 is 15.9 Å². The maximum Gasteiger partial charge on any atom is 0.133 e. The number of hydrogen-bond acceptors (Lipinski definition) is 1. The average Bonchev–Trinajstić information content (AvgIpc) is 2.12. The molecule has 0 aliphatic rings. The zero-order valence-corrected chi connectivity index (χ0v) is 9.39. The van der Waals surface area contributed by atoms with E-state index in [1.165, 1.54) is 0 Å². The molecule has 1 aromatic rings. The fraction of sp³-hybridized carbons (Fsp3) is 0.273. The molecule has 0 aliphatic heterocycles. The van der Waals surface area contributed by atoms with E-state index in [1.807, 2.05) is 0 Å². The summed E-state index contributed by atoms with van der Waals surface area (Å²) in [5.74, 6) is 0.761. The van der Waals surface area contributed by atoms with Crippen LogP contribution >= 0.6 is 15.9 Å². The van der Waals surface area contributed by atoms with Crippen molar-refractivity contribution in [2.45, 2.75) is 18.9 Å². The summed E-state index contributed by atoms with van der Waals surface area (Å²) in [4.78, 5) is 0. The average molecular weight is 275 g/mol. The third-order valence-corrected chi connectivity index (χ3v) is 2.40. The third kappa shape index (κ3) is 3.01. The van der Waals surface area contributed by atoms with Crippen molar-refractivity contribution in [3.63, 3.8) is 0 Å². The molecular formula is C11H9BrF2O. The minimum absolute atomic E-state index is 0.145. The van der Waals surface area contributed by atoms with E-state index in [1.54, 1.807) is 0 Å². The number of benzene rings is 1. The van der Waals surface area contributed by atoms with Gasteiger partial charge in [0.1, 0.15) is 11.6 Å². The highest BCUT2D eigenvalue weighted by molar-refractivity contribution is 9.10. The molecule has 0 radical (unpaired) electrons. The Morgan fingerprint density at radius 2 is 1.93 bits per heavy atom. The second-order valence-electron chi connectivity index (χ2n) is 3.04. The van der Waals surface area contributed by atoms with E-state index >= 15 is 0 Å². The number of hydrogen-bond donors (Lipinski definition) is 1. The first-order valence-electron chi connectivity index (χ1n) is 4.32. The zero-order chi connectivity index (χ0) is 11.4. The van der Waals surface area contributed by atoms with Gasteiger partial charge in [-0.3, -0.25) is 0 Å². The van der Waals surface area contributed by atoms with Crippen molar-refractivity contribution in [2.75, 3.05) is 0 Å². The van der Waals surface area contributed by atoms with Gasteiger partial charge in [-0.25, -0.2) is 8.78 Å². The molecule has 4 heteroatoms. The predicted molar refractivity (Wildman–Crippen MR) is 57.1 cm³/mol. The molecule has 0 saturated carbocycles. The first-order valence-corrected chi connectivity index (χ1v) is 5.11. The van der Waals surface area contributed by atoms with Gasteiger partial charge in [0.05, 0.1) is 11.7 Å². The second-order valence-corrected chi connectivity index (χ2v) is 3.96. The molecule has 15 heavy (non-hydrogen) atoms. The van der Waals surface area contributed by atoms with Gasteiger partial charge in [-0.15, -0.1) is 12.3 Å². The highest BCUT2D eigenvalue weighted by atomic mass is 79.9. The fourth-order valence-electron chi connectivity index (χ4n) is 1.24. The number of aliphatic hydroxyl groups excluding tert-OH is 1. The summed E-state index contributed by atoms with van der Waals surface area (Å²) in [6.07, 6.45) is 4.22. The van der Waals surface area contributed by atoms with E-state index in [0.717, 1.165) is 12.1 Å². The SMILES string of the molecule is C#CCCC(O)c1c(F)cc(Br)cc1F. The molecule has 1 unspecified atom stereocenters. The number of rotatable bonds is 3. The Bertz CT molecular complexity index is 375. The lowest BCUT2D eigenvalue weighted by Crippen LogP contribution is -2.04. The Kier molecular flexibility index (Phi) is 4.25. The third-order valence-electron chi connectivity index (χ3n) is 1.94. The molecule has 0 amide bonds. The van der Waals surface area contributed by atoms with Crippen molar-refractivity contribution < 1.29 is 13.9 Å². The summed E-state index contributed by atoms with van der Waals surface area (Å²) >= 11 is 2.95. The monoisotopic (exact) mass is 274 g/mol. The van der Waals surface area contributed by atoms with E-state index in [2.05, 4.69) is 21.9 Å². The van der Waals surface area contributed by atoms with Gasteiger partial charge in [0.2, 0.25) is 0 Å². The molecule has 1 nitrogen and oxygen atoms in total. The Hall–Kier alpha value is -0.920. The van der Waals surface area contributed by atoms with E-state index in [9.17, 15) is 13.9 Å². The first kappa shape index (κ1) is 12.2. The summed E-state index contributed by atoms with van der Waals surface area (Å²) in [5.41, 5.74) is -0.326. The van der Waals surface area contributed by atoms with Crippen molar-refractivity contribution in [2.24, 2.45) is 0 Å². The van der Waals surface area contributed by atoms with Gasteiger partial charge in [-0.1, -0.05) is 15.9 Å². The van der Waals surface area contributed by atoms with Crippen LogP contribution in [0.2, 0.25) is 0 Å². The van der Waals surface area contributed by atoms with Crippen LogP contribution in [0.25, 0.3) is 0 Å². The smallest absolute Gasteiger partial charge is 0.133 e. The molecule has 0 bridgehead atoms. The standard InChI is InChI=1S/C11H9BrF2O/c1-2-3-4-10(15)11-8(13)5-7(12)6-9(11)14/h1,5-6,10,15H,3-4H2. The topological polar surface area (TPSA) is 20.2 Å². The van der Waals surface area contributed by atoms with Gasteiger partial charge in [-0.2, -0.15) is 0 Å². The summed E-state index contributed by atoms with van der Waals surface area (Å²) < 4.78 is 26.9. The van der Waals surface area contributed by atoms with Crippen LogP contribution in [0.15, 0.2) is 16.6 Å². The Labute approximate surface area is 95.2 Å². The van der Waals surface area contributed by atoms with Crippen LogP contribution in [0.5, 0.6) is 0 Å². The lowest BCUT2D eigenvalue weighted by atomic mass is 10.0. The Morgan fingerprint density at radius 1 is 1.40 bits per heavy atom. The van der Waals surface area contributed by atoms with Crippen molar-refractivity contribution in [1.29, 1.82) is 0 Å². The minimum Gasteiger partial charge on any atom is -0.388 e. The summed E-state index contributed by atoms with van der Waals surface area (Å²) in [7, 11) is 0. The molecule has 0 aromatic heterocycles. The quantitative estimate of drug-likeness (QED) is 0.840. The van der Waals surface area contributed by atoms with E-state index in [4.69, 9.17) is 6.42 Å². The van der Waals surface area contributed by atoms with Gasteiger partial charge < -0.3 is 5.11 Å². The summed E-state index contributed by atoms with van der Waals surface area (Å²) in [6, 6.07) is 2.22. The van der Waals surface area contributed by atoms with Gasteiger partial charge in [0, 0.05) is 10.9 Å². The molecule has 0 aliphatic carbocycles. The van der Waals surface area contributed by atoms with Crippen LogP contribution in [0.1, 0.15) is 24.5 Å². The fourth-order valence-corrected chi connectivity index (χ4v) is 1.64. The van der Waals surface area contributed by atoms with Gasteiger partial charge >= 0.3 is 0 Å². The van der Waals surface area contributed by atoms with Crippen molar-refractivity contribution in [3.05, 3.63) is 33.8 Å². The highest BCUT2D eigenvalue weighted by Gasteiger charge is 2.18. The van der Waals surface area contributed by atoms with Crippen LogP contribution < -0.4 is 0 Å². The predicted octanol–water partition coefficient (Wildman–Crippen LogP) is 3.17. The van der Waals surface area contributed by atoms with E-state index in [0.29, 0.717) is 4.47 Å². The Balaban J connectivity index is 2.99. The second kappa shape index (κ2) is 5.24. The Morgan fingerprint density at radius 3 is 2.40 bits per heavy atom. The van der Waals surface area contributed by atoms with Crippen LogP contribution in [0.3, 0.4) is 0 Å². The lowest BCUT2D eigenvalue weighted by Gasteiger charge is -2.11. The summed E-state index contributed by atoms with van der Waals surface area (Å²) in [5, 5.41) is 9.51. The molecule has 1 atom stereocenters. The maximum absolute atomic E-state index is 13.3. The van der Waals surface area contributed by atoms with Crippen LogP contribution in [-0.2, 0) is 0 Å². The normalized spacial score (nSPS) is 12.2. The van der Waals surface area contributed by atoms with Gasteiger partial charge in [0.15, 0.2) is 0 Å². The van der Waals surface area contributed by atoms with Gasteiger partial charge in [0.25, 0.3) is 0 Å². The van der Waals surface area contributed by atoms with Crippen molar-refractivity contribution in [1.82, 2.24) is 0 Å². The molecule has 80 valence electrons. The number of halogens is 3. The molecule has 1 rings (SSSR count). The minimum atomic E-state index is -1.20. The molecule has 1 aromatic carbocycles. The molecular weight excluding hydrogens is 266 g/mol. The molecule has 1 N–H and O–H groups in total. The highest BCUT2D eigenvalue weighted by Crippen LogP contribution is 2.27. The molecule has 0 fully saturated rings. The number of terminal acetylenes is 1. The van der Waals surface area contributed by atoms with Crippen LogP contribution in [0.4, 0.5) is 8.78 Å². The van der Waals surface area contributed by atoms with Crippen LogP contribution in [-0.4, -0.2) is 5.11 Å². The molecule has 0 spiro atoms. The lowest BCUT2D eigenvalue weighted by molar-refractivity contribution is 0.159. The molecule has 0 saturated heterocycles. The van der Waals surface area contributed by atoms with Crippen molar-refractivity contribution in [3.8, 4) is 12.3 Å². The van der Waals surface area contributed by atoms with E-state index in [-0.39, 0.29) is 18.4 Å². The zero-order valence-electron chi connectivity index (χ0n) is 7.80. The largest absolute Gasteiger partial charge is 0.388 e. The van der Waals surface area contributed by atoms with Crippen LogP contribution in [0, 0.1) is 24.0 Å². The molecule has 0 heterocycles. The summed E-state index contributed by atoms with van der Waals surface area (Å²) in [6.45, 7) is 0. The van der Waals surface area contributed by atoms with Gasteiger partial charge in [-0.05, 0) is 18.6 Å². The maximum atomic E-state index is 13.3. The first-order chi connectivity index (χ1) is 7.06.